The van der Waals surface area contributed by atoms with Crippen molar-refractivity contribution in [2.45, 2.75) is 32.1 Å². The molecule has 0 aliphatic heterocycles. The van der Waals surface area contributed by atoms with Crippen LogP contribution in [0.3, 0.4) is 0 Å². The predicted octanol–water partition coefficient (Wildman–Crippen LogP) is 3.85. The molecule has 1 aromatic carbocycles. The van der Waals surface area contributed by atoms with E-state index in [-0.39, 0.29) is 5.91 Å². The van der Waals surface area contributed by atoms with Gasteiger partial charge in [-0.25, -0.2) is 0 Å². The highest BCUT2D eigenvalue weighted by molar-refractivity contribution is 5.92. The molecule has 1 amide bonds. The van der Waals surface area contributed by atoms with E-state index < -0.39 is 0 Å². The Labute approximate surface area is 153 Å². The summed E-state index contributed by atoms with van der Waals surface area (Å²) in [4.78, 5) is 12.2. The second-order valence-corrected chi connectivity index (χ2v) is 6.27. The van der Waals surface area contributed by atoms with Gasteiger partial charge in [0.05, 0.1) is 7.11 Å². The lowest BCUT2D eigenvalue weighted by Gasteiger charge is -2.12. The summed E-state index contributed by atoms with van der Waals surface area (Å²) in [6.45, 7) is 0.637. The van der Waals surface area contributed by atoms with Crippen LogP contribution in [0.15, 0.2) is 48.0 Å². The largest absolute Gasteiger partial charge is 0.497 e. The zero-order valence-corrected chi connectivity index (χ0v) is 15.0. The Bertz CT molecular complexity index is 754. The highest BCUT2D eigenvalue weighted by Crippen LogP contribution is 2.20. The standard InChI is InChI=1S/C20H24N4O2/c1-26-17-9-7-16(8-10-17)22-19-12-11-18(23-24-19)20(25)21-14-13-15-5-3-2-4-6-15/h5,7-12H,2-4,6,13-14H2,1H3,(H,21,25)(H,22,24). The number of benzene rings is 1. The van der Waals surface area contributed by atoms with E-state index in [1.165, 1.54) is 18.4 Å². The number of rotatable bonds is 7. The van der Waals surface area contributed by atoms with Gasteiger partial charge in [0.25, 0.3) is 5.91 Å². The molecule has 1 aliphatic rings. The summed E-state index contributed by atoms with van der Waals surface area (Å²) in [6, 6.07) is 10.9. The van der Waals surface area contributed by atoms with Gasteiger partial charge >= 0.3 is 0 Å². The zero-order chi connectivity index (χ0) is 18.2. The van der Waals surface area contributed by atoms with Gasteiger partial charge in [0.1, 0.15) is 5.75 Å². The number of nitrogens with one attached hydrogen (secondary N) is 2. The monoisotopic (exact) mass is 352 g/mol. The molecule has 2 aromatic rings. The fraction of sp³-hybridized carbons (Fsp3) is 0.350. The summed E-state index contributed by atoms with van der Waals surface area (Å²) in [5.41, 5.74) is 2.64. The van der Waals surface area contributed by atoms with Gasteiger partial charge in [-0.2, -0.15) is 0 Å². The molecule has 3 rings (SSSR count). The smallest absolute Gasteiger partial charge is 0.271 e. The average Bonchev–Trinajstić information content (AvgIpc) is 2.70. The van der Waals surface area contributed by atoms with Crippen molar-refractivity contribution in [3.63, 3.8) is 0 Å². The number of allylic oxidation sites excluding steroid dienone is 1. The van der Waals surface area contributed by atoms with Crippen molar-refractivity contribution in [3.8, 4) is 5.75 Å². The van der Waals surface area contributed by atoms with Gasteiger partial charge in [-0.3, -0.25) is 4.79 Å². The minimum absolute atomic E-state index is 0.190. The summed E-state index contributed by atoms with van der Waals surface area (Å²) in [6.07, 6.45) is 8.07. The number of methoxy groups -OCH3 is 1. The Morgan fingerprint density at radius 3 is 2.62 bits per heavy atom. The van der Waals surface area contributed by atoms with Crippen LogP contribution < -0.4 is 15.4 Å². The van der Waals surface area contributed by atoms with Crippen LogP contribution in [-0.4, -0.2) is 29.8 Å². The van der Waals surface area contributed by atoms with Gasteiger partial charge in [0.15, 0.2) is 11.5 Å². The van der Waals surface area contributed by atoms with Crippen molar-refractivity contribution in [3.05, 3.63) is 53.7 Å². The molecular weight excluding hydrogens is 328 g/mol. The van der Waals surface area contributed by atoms with Gasteiger partial charge in [0.2, 0.25) is 0 Å². The van der Waals surface area contributed by atoms with Crippen LogP contribution >= 0.6 is 0 Å². The first-order valence-corrected chi connectivity index (χ1v) is 8.95. The molecule has 0 bridgehead atoms. The number of aromatic nitrogens is 2. The molecule has 1 aromatic heterocycles. The summed E-state index contributed by atoms with van der Waals surface area (Å²) < 4.78 is 5.13. The normalized spacial score (nSPS) is 13.7. The summed E-state index contributed by atoms with van der Waals surface area (Å²) >= 11 is 0. The van der Waals surface area contributed by atoms with Crippen molar-refractivity contribution >= 4 is 17.4 Å². The number of nitrogens with zero attached hydrogens (tertiary/aromatic N) is 2. The van der Waals surface area contributed by atoms with E-state index in [0.717, 1.165) is 30.7 Å². The van der Waals surface area contributed by atoms with E-state index in [1.807, 2.05) is 24.3 Å². The Morgan fingerprint density at radius 2 is 1.96 bits per heavy atom. The maximum absolute atomic E-state index is 12.2. The molecule has 26 heavy (non-hydrogen) atoms. The summed E-state index contributed by atoms with van der Waals surface area (Å²) in [5, 5.41) is 14.1. The van der Waals surface area contributed by atoms with Crippen LogP contribution in [0.1, 0.15) is 42.6 Å². The minimum Gasteiger partial charge on any atom is -0.497 e. The molecule has 0 atom stereocenters. The third-order valence-corrected chi connectivity index (χ3v) is 4.38. The highest BCUT2D eigenvalue weighted by Gasteiger charge is 2.09. The second-order valence-electron chi connectivity index (χ2n) is 6.27. The lowest BCUT2D eigenvalue weighted by molar-refractivity contribution is 0.0948. The summed E-state index contributed by atoms with van der Waals surface area (Å²) in [7, 11) is 1.63. The molecule has 136 valence electrons. The van der Waals surface area contributed by atoms with Crippen LogP contribution in [0.25, 0.3) is 0 Å². The quantitative estimate of drug-likeness (QED) is 0.740. The van der Waals surface area contributed by atoms with Crippen LogP contribution in [0.5, 0.6) is 5.75 Å². The number of anilines is 2. The van der Waals surface area contributed by atoms with Crippen molar-refractivity contribution < 1.29 is 9.53 Å². The van der Waals surface area contributed by atoms with Crippen LogP contribution in [0, 0.1) is 0 Å². The van der Waals surface area contributed by atoms with E-state index in [2.05, 4.69) is 26.9 Å². The SMILES string of the molecule is COc1ccc(Nc2ccc(C(=O)NCCC3=CCCCC3)nn2)cc1. The second kappa shape index (κ2) is 8.99. The topological polar surface area (TPSA) is 76.1 Å². The Morgan fingerprint density at radius 1 is 1.12 bits per heavy atom. The van der Waals surface area contributed by atoms with E-state index in [9.17, 15) is 4.79 Å². The first-order chi connectivity index (χ1) is 12.7. The molecule has 0 saturated heterocycles. The van der Waals surface area contributed by atoms with Gasteiger partial charge in [-0.05, 0) is 68.5 Å². The maximum atomic E-state index is 12.2. The van der Waals surface area contributed by atoms with E-state index in [1.54, 1.807) is 19.2 Å². The number of carbonyl (C=O) groups excluding carboxylic acids is 1. The molecule has 6 nitrogen and oxygen atoms in total. The minimum atomic E-state index is -0.190. The molecule has 0 spiro atoms. The third-order valence-electron chi connectivity index (χ3n) is 4.38. The number of carbonyl (C=O) groups is 1. The van der Waals surface area contributed by atoms with Gasteiger partial charge in [-0.15, -0.1) is 10.2 Å². The molecule has 0 fully saturated rings. The molecule has 0 unspecified atom stereocenters. The number of hydrogen-bond donors (Lipinski definition) is 2. The molecule has 0 saturated carbocycles. The molecular formula is C20H24N4O2. The van der Waals surface area contributed by atoms with Gasteiger partial charge in [0, 0.05) is 12.2 Å². The van der Waals surface area contributed by atoms with Crippen molar-refractivity contribution in [1.29, 1.82) is 0 Å². The lowest BCUT2D eigenvalue weighted by atomic mass is 9.97. The number of amides is 1. The molecule has 1 aliphatic carbocycles. The van der Waals surface area contributed by atoms with E-state index in [0.29, 0.717) is 18.1 Å². The molecule has 0 radical (unpaired) electrons. The van der Waals surface area contributed by atoms with Crippen LogP contribution in [0.2, 0.25) is 0 Å². The zero-order valence-electron chi connectivity index (χ0n) is 15.0. The maximum Gasteiger partial charge on any atom is 0.271 e. The molecule has 6 heteroatoms. The predicted molar refractivity (Wildman–Crippen MR) is 102 cm³/mol. The highest BCUT2D eigenvalue weighted by atomic mass is 16.5. The third kappa shape index (κ3) is 5.05. The first-order valence-electron chi connectivity index (χ1n) is 8.95. The summed E-state index contributed by atoms with van der Waals surface area (Å²) in [5.74, 6) is 1.18. The Balaban J connectivity index is 1.49. The fourth-order valence-electron chi connectivity index (χ4n) is 2.90. The Kier molecular flexibility index (Phi) is 6.19. The van der Waals surface area contributed by atoms with E-state index in [4.69, 9.17) is 4.74 Å². The average molecular weight is 352 g/mol. The molecule has 1 heterocycles. The van der Waals surface area contributed by atoms with Crippen molar-refractivity contribution in [1.82, 2.24) is 15.5 Å². The van der Waals surface area contributed by atoms with E-state index >= 15 is 0 Å². The van der Waals surface area contributed by atoms with Crippen LogP contribution in [-0.2, 0) is 0 Å². The van der Waals surface area contributed by atoms with Gasteiger partial charge < -0.3 is 15.4 Å². The first kappa shape index (κ1) is 17.9. The van der Waals surface area contributed by atoms with Crippen LogP contribution in [0.4, 0.5) is 11.5 Å². The Hall–Kier alpha value is -2.89. The number of hydrogen-bond acceptors (Lipinski definition) is 5. The van der Waals surface area contributed by atoms with Gasteiger partial charge in [-0.1, -0.05) is 11.6 Å². The van der Waals surface area contributed by atoms with Crippen molar-refractivity contribution in [2.24, 2.45) is 0 Å². The lowest BCUT2D eigenvalue weighted by Crippen LogP contribution is -2.26. The number of ether oxygens (including phenoxy) is 1. The van der Waals surface area contributed by atoms with Crippen molar-refractivity contribution in [2.75, 3.05) is 19.0 Å². The fourth-order valence-corrected chi connectivity index (χ4v) is 2.90. The molecule has 2 N–H and O–H groups in total.